The minimum atomic E-state index is 0.729. The van der Waals surface area contributed by atoms with Crippen molar-refractivity contribution in [2.45, 2.75) is 72.1 Å². The van der Waals surface area contributed by atoms with E-state index in [1.54, 1.807) is 0 Å². The molecule has 0 aliphatic carbocycles. The first-order valence-corrected chi connectivity index (χ1v) is 8.70. The number of rotatable bonds is 15. The van der Waals surface area contributed by atoms with Crippen LogP contribution in [0.25, 0.3) is 0 Å². The van der Waals surface area contributed by atoms with Gasteiger partial charge in [0, 0.05) is 13.2 Å². The van der Waals surface area contributed by atoms with E-state index in [0.717, 1.165) is 32.2 Å². The van der Waals surface area contributed by atoms with Crippen molar-refractivity contribution in [3.63, 3.8) is 0 Å². The van der Waals surface area contributed by atoms with E-state index < -0.39 is 0 Å². The molecule has 0 spiro atoms. The van der Waals surface area contributed by atoms with E-state index in [0.29, 0.717) is 0 Å². The van der Waals surface area contributed by atoms with Crippen LogP contribution in [-0.4, -0.2) is 26.3 Å². The summed E-state index contributed by atoms with van der Waals surface area (Å²) in [5.74, 6) is 0.729. The molecule has 2 nitrogen and oxygen atoms in total. The number of hydrogen-bond acceptors (Lipinski definition) is 2. The second-order valence-electron chi connectivity index (χ2n) is 5.79. The smallest absolute Gasteiger partial charge is 0.0469 e. The van der Waals surface area contributed by atoms with Crippen molar-refractivity contribution in [2.75, 3.05) is 26.3 Å². The molecule has 0 rings (SSSR count). The zero-order valence-corrected chi connectivity index (χ0v) is 14.1. The number of allylic oxidation sites excluding steroid dienone is 2. The first kappa shape index (κ1) is 19.7. The lowest BCUT2D eigenvalue weighted by molar-refractivity contribution is 0.118. The van der Waals surface area contributed by atoms with Crippen molar-refractivity contribution >= 4 is 0 Å². The van der Waals surface area contributed by atoms with Crippen LogP contribution < -0.4 is 5.32 Å². The SMILES string of the molecule is C/C=C\CCCCCCCCOCCC(C)CNCC. The molecule has 20 heavy (non-hydrogen) atoms. The predicted molar refractivity (Wildman–Crippen MR) is 90.3 cm³/mol. The van der Waals surface area contributed by atoms with E-state index in [1.807, 2.05) is 0 Å². The van der Waals surface area contributed by atoms with Crippen molar-refractivity contribution in [1.82, 2.24) is 5.32 Å². The van der Waals surface area contributed by atoms with Gasteiger partial charge in [0.1, 0.15) is 0 Å². The van der Waals surface area contributed by atoms with Crippen LogP contribution in [0.5, 0.6) is 0 Å². The molecule has 1 atom stereocenters. The van der Waals surface area contributed by atoms with Gasteiger partial charge in [-0.15, -0.1) is 0 Å². The van der Waals surface area contributed by atoms with Gasteiger partial charge in [0.05, 0.1) is 0 Å². The van der Waals surface area contributed by atoms with Gasteiger partial charge in [-0.3, -0.25) is 0 Å². The van der Waals surface area contributed by atoms with Gasteiger partial charge in [-0.2, -0.15) is 0 Å². The molecule has 0 aromatic heterocycles. The third-order valence-corrected chi connectivity index (χ3v) is 3.64. The molecule has 0 amide bonds. The third kappa shape index (κ3) is 15.7. The summed E-state index contributed by atoms with van der Waals surface area (Å²) in [7, 11) is 0. The Balaban J connectivity index is 3.05. The van der Waals surface area contributed by atoms with E-state index in [1.165, 1.54) is 51.4 Å². The van der Waals surface area contributed by atoms with Gasteiger partial charge in [-0.05, 0) is 51.6 Å². The van der Waals surface area contributed by atoms with Crippen molar-refractivity contribution in [1.29, 1.82) is 0 Å². The Hall–Kier alpha value is -0.340. The van der Waals surface area contributed by atoms with Gasteiger partial charge < -0.3 is 10.1 Å². The van der Waals surface area contributed by atoms with Gasteiger partial charge >= 0.3 is 0 Å². The molecule has 0 saturated heterocycles. The molecule has 0 aromatic carbocycles. The minimum absolute atomic E-state index is 0.729. The summed E-state index contributed by atoms with van der Waals surface area (Å²) in [4.78, 5) is 0. The molecule has 0 heterocycles. The average Bonchev–Trinajstić information content (AvgIpc) is 2.46. The van der Waals surface area contributed by atoms with Crippen LogP contribution in [0.4, 0.5) is 0 Å². The van der Waals surface area contributed by atoms with Crippen LogP contribution in [0, 0.1) is 5.92 Å². The Labute approximate surface area is 127 Å². The molecule has 2 heteroatoms. The summed E-state index contributed by atoms with van der Waals surface area (Å²) in [6.45, 7) is 10.6. The van der Waals surface area contributed by atoms with Crippen LogP contribution in [0.15, 0.2) is 12.2 Å². The first-order chi connectivity index (χ1) is 9.81. The molecule has 1 N–H and O–H groups in total. The molecule has 0 saturated carbocycles. The van der Waals surface area contributed by atoms with Gasteiger partial charge in [0.2, 0.25) is 0 Å². The average molecular weight is 284 g/mol. The largest absolute Gasteiger partial charge is 0.381 e. The molecule has 0 radical (unpaired) electrons. The fraction of sp³-hybridized carbons (Fsp3) is 0.889. The highest BCUT2D eigenvalue weighted by atomic mass is 16.5. The zero-order valence-electron chi connectivity index (χ0n) is 14.1. The fourth-order valence-electron chi connectivity index (χ4n) is 2.22. The summed E-state index contributed by atoms with van der Waals surface area (Å²) in [6.07, 6.45) is 14.9. The Morgan fingerprint density at radius 2 is 1.70 bits per heavy atom. The third-order valence-electron chi connectivity index (χ3n) is 3.64. The molecule has 0 bridgehead atoms. The van der Waals surface area contributed by atoms with E-state index >= 15 is 0 Å². The lowest BCUT2D eigenvalue weighted by Gasteiger charge is -2.11. The van der Waals surface area contributed by atoms with Crippen molar-refractivity contribution < 1.29 is 4.74 Å². The van der Waals surface area contributed by atoms with Gasteiger partial charge in [0.25, 0.3) is 0 Å². The summed E-state index contributed by atoms with van der Waals surface area (Å²) >= 11 is 0. The van der Waals surface area contributed by atoms with E-state index in [9.17, 15) is 0 Å². The zero-order chi connectivity index (χ0) is 14.9. The molecular formula is C18H37NO. The molecule has 0 aliphatic rings. The Bertz CT molecular complexity index is 204. The Morgan fingerprint density at radius 1 is 1.00 bits per heavy atom. The van der Waals surface area contributed by atoms with Gasteiger partial charge in [-0.25, -0.2) is 0 Å². The quantitative estimate of drug-likeness (QED) is 0.339. The lowest BCUT2D eigenvalue weighted by atomic mass is 10.1. The van der Waals surface area contributed by atoms with Gasteiger partial charge in [-0.1, -0.05) is 51.7 Å². The van der Waals surface area contributed by atoms with Crippen LogP contribution in [0.1, 0.15) is 72.1 Å². The number of ether oxygens (including phenoxy) is 1. The summed E-state index contributed by atoms with van der Waals surface area (Å²) in [6, 6.07) is 0. The molecular weight excluding hydrogens is 246 g/mol. The van der Waals surface area contributed by atoms with Crippen LogP contribution in [0.2, 0.25) is 0 Å². The second kappa shape index (κ2) is 16.7. The topological polar surface area (TPSA) is 21.3 Å². The van der Waals surface area contributed by atoms with Crippen LogP contribution >= 0.6 is 0 Å². The lowest BCUT2D eigenvalue weighted by Crippen LogP contribution is -2.21. The molecule has 120 valence electrons. The van der Waals surface area contributed by atoms with Crippen LogP contribution in [-0.2, 0) is 4.74 Å². The number of unbranched alkanes of at least 4 members (excludes halogenated alkanes) is 6. The van der Waals surface area contributed by atoms with Crippen LogP contribution in [0.3, 0.4) is 0 Å². The molecule has 0 fully saturated rings. The first-order valence-electron chi connectivity index (χ1n) is 8.70. The van der Waals surface area contributed by atoms with Crippen molar-refractivity contribution in [2.24, 2.45) is 5.92 Å². The predicted octanol–water partition coefficient (Wildman–Crippen LogP) is 4.95. The highest BCUT2D eigenvalue weighted by Crippen LogP contribution is 2.08. The van der Waals surface area contributed by atoms with E-state index in [-0.39, 0.29) is 0 Å². The fourth-order valence-corrected chi connectivity index (χ4v) is 2.22. The maximum absolute atomic E-state index is 5.71. The maximum atomic E-state index is 5.71. The van der Waals surface area contributed by atoms with E-state index in [2.05, 4.69) is 38.2 Å². The monoisotopic (exact) mass is 283 g/mol. The standard InChI is InChI=1S/C18H37NO/c1-4-6-7-8-9-10-11-12-13-15-20-16-14-18(3)17-19-5-2/h4,6,18-19H,5,7-17H2,1-3H3/b6-4-. The summed E-state index contributed by atoms with van der Waals surface area (Å²) in [5, 5.41) is 3.38. The normalized spacial score (nSPS) is 13.2. The van der Waals surface area contributed by atoms with Crippen molar-refractivity contribution in [3.05, 3.63) is 12.2 Å². The Morgan fingerprint density at radius 3 is 2.40 bits per heavy atom. The second-order valence-corrected chi connectivity index (χ2v) is 5.79. The minimum Gasteiger partial charge on any atom is -0.381 e. The van der Waals surface area contributed by atoms with Crippen molar-refractivity contribution in [3.8, 4) is 0 Å². The Kier molecular flexibility index (Phi) is 16.4. The summed E-state index contributed by atoms with van der Waals surface area (Å²) in [5.41, 5.74) is 0. The number of hydrogen-bond donors (Lipinski definition) is 1. The highest BCUT2D eigenvalue weighted by Gasteiger charge is 2.00. The maximum Gasteiger partial charge on any atom is 0.0469 e. The highest BCUT2D eigenvalue weighted by molar-refractivity contribution is 4.76. The van der Waals surface area contributed by atoms with Gasteiger partial charge in [0.15, 0.2) is 0 Å². The number of nitrogens with one attached hydrogen (secondary N) is 1. The molecule has 1 unspecified atom stereocenters. The molecule has 0 aliphatic heterocycles. The molecule has 0 aromatic rings. The summed E-state index contributed by atoms with van der Waals surface area (Å²) < 4.78 is 5.71. The van der Waals surface area contributed by atoms with E-state index in [4.69, 9.17) is 4.74 Å².